The molecular formula is C16H22O3. The molecular weight excluding hydrogens is 240 g/mol. The van der Waals surface area contributed by atoms with Crippen LogP contribution < -0.4 is 0 Å². The maximum absolute atomic E-state index is 12.7. The van der Waals surface area contributed by atoms with Crippen LogP contribution in [0.15, 0.2) is 30.3 Å². The van der Waals surface area contributed by atoms with Crippen molar-refractivity contribution in [3.8, 4) is 0 Å². The fourth-order valence-electron chi connectivity index (χ4n) is 3.11. The number of rotatable bonds is 6. The molecule has 1 aromatic carbocycles. The summed E-state index contributed by atoms with van der Waals surface area (Å²) in [7, 11) is 3.30. The first kappa shape index (κ1) is 14.2. The highest BCUT2D eigenvalue weighted by Crippen LogP contribution is 2.40. The lowest BCUT2D eigenvalue weighted by atomic mass is 9.84. The van der Waals surface area contributed by atoms with Crippen LogP contribution in [-0.2, 0) is 20.7 Å². The number of Topliss-reactive ketones (excluding diaryl/α,β-unsaturated/α-hetero) is 1. The van der Waals surface area contributed by atoms with Gasteiger partial charge in [0.1, 0.15) is 5.78 Å². The number of ether oxygens (including phenoxy) is 2. The zero-order chi connectivity index (χ0) is 13.7. The molecule has 0 saturated heterocycles. The summed E-state index contributed by atoms with van der Waals surface area (Å²) in [4.78, 5) is 12.7. The minimum absolute atomic E-state index is 0.104. The van der Waals surface area contributed by atoms with Crippen molar-refractivity contribution in [3.05, 3.63) is 35.9 Å². The average molecular weight is 262 g/mol. The van der Waals surface area contributed by atoms with E-state index in [4.69, 9.17) is 9.47 Å². The minimum atomic E-state index is -0.428. The van der Waals surface area contributed by atoms with Crippen LogP contribution >= 0.6 is 0 Å². The Balaban J connectivity index is 2.07. The molecule has 1 aliphatic carbocycles. The second-order valence-electron chi connectivity index (χ2n) is 5.44. The molecule has 0 N–H and O–H groups in total. The largest absolute Gasteiger partial charge is 0.384 e. The van der Waals surface area contributed by atoms with E-state index in [0.717, 1.165) is 19.3 Å². The molecule has 19 heavy (non-hydrogen) atoms. The van der Waals surface area contributed by atoms with Gasteiger partial charge in [-0.1, -0.05) is 30.3 Å². The molecule has 0 heterocycles. The van der Waals surface area contributed by atoms with Crippen molar-refractivity contribution in [2.24, 2.45) is 11.3 Å². The summed E-state index contributed by atoms with van der Waals surface area (Å²) in [6.07, 6.45) is 2.63. The van der Waals surface area contributed by atoms with Crippen LogP contribution in [0.5, 0.6) is 0 Å². The quantitative estimate of drug-likeness (QED) is 0.790. The number of methoxy groups -OCH3 is 2. The fourth-order valence-corrected chi connectivity index (χ4v) is 3.11. The summed E-state index contributed by atoms with van der Waals surface area (Å²) in [5.41, 5.74) is 0.801. The molecule has 104 valence electrons. The van der Waals surface area contributed by atoms with Crippen molar-refractivity contribution in [3.63, 3.8) is 0 Å². The van der Waals surface area contributed by atoms with Crippen molar-refractivity contribution >= 4 is 5.78 Å². The first-order chi connectivity index (χ1) is 9.22. The Labute approximate surface area is 114 Å². The first-order valence-corrected chi connectivity index (χ1v) is 6.78. The van der Waals surface area contributed by atoms with Crippen molar-refractivity contribution in [1.82, 2.24) is 0 Å². The molecule has 0 bridgehead atoms. The molecule has 1 saturated carbocycles. The molecule has 3 nitrogen and oxygen atoms in total. The Kier molecular flexibility index (Phi) is 4.72. The lowest BCUT2D eigenvalue weighted by Gasteiger charge is -2.26. The van der Waals surface area contributed by atoms with E-state index in [9.17, 15) is 4.79 Å². The van der Waals surface area contributed by atoms with E-state index in [0.29, 0.717) is 19.0 Å². The molecule has 1 fully saturated rings. The number of carbonyl (C=O) groups is 1. The van der Waals surface area contributed by atoms with E-state index >= 15 is 0 Å². The van der Waals surface area contributed by atoms with Gasteiger partial charge in [0, 0.05) is 20.1 Å². The summed E-state index contributed by atoms with van der Waals surface area (Å²) >= 11 is 0. The van der Waals surface area contributed by atoms with Gasteiger partial charge in [-0.25, -0.2) is 0 Å². The normalized spacial score (nSPS) is 21.8. The molecule has 0 aromatic heterocycles. The van der Waals surface area contributed by atoms with Gasteiger partial charge in [0.05, 0.1) is 18.6 Å². The third-order valence-electron chi connectivity index (χ3n) is 4.03. The molecule has 3 heteroatoms. The molecule has 1 aliphatic rings. The van der Waals surface area contributed by atoms with Crippen molar-refractivity contribution in [1.29, 1.82) is 0 Å². The second-order valence-corrected chi connectivity index (χ2v) is 5.44. The lowest BCUT2D eigenvalue weighted by Crippen LogP contribution is -2.38. The predicted molar refractivity (Wildman–Crippen MR) is 74.1 cm³/mol. The first-order valence-electron chi connectivity index (χ1n) is 6.78. The molecule has 2 rings (SSSR count). The number of ketones is 1. The van der Waals surface area contributed by atoms with E-state index in [1.54, 1.807) is 14.2 Å². The van der Waals surface area contributed by atoms with Crippen molar-refractivity contribution < 1.29 is 14.3 Å². The Hall–Kier alpha value is -1.19. The van der Waals surface area contributed by atoms with Gasteiger partial charge in [0.15, 0.2) is 0 Å². The maximum atomic E-state index is 12.7. The molecule has 0 spiro atoms. The number of hydrogen-bond acceptors (Lipinski definition) is 3. The standard InChI is InChI=1S/C16H22O3/c1-18-11-16(12-19-2)9-8-14(15(16)17)10-13-6-4-3-5-7-13/h3-7,14H,8-12H2,1-2H3. The zero-order valence-electron chi connectivity index (χ0n) is 11.7. The third-order valence-corrected chi connectivity index (χ3v) is 4.03. The SMILES string of the molecule is COCC1(COC)CCC(Cc2ccccc2)C1=O. The Morgan fingerprint density at radius 2 is 1.79 bits per heavy atom. The van der Waals surface area contributed by atoms with Gasteiger partial charge in [-0.15, -0.1) is 0 Å². The van der Waals surface area contributed by atoms with E-state index in [-0.39, 0.29) is 5.92 Å². The van der Waals surface area contributed by atoms with Crippen molar-refractivity contribution in [2.45, 2.75) is 19.3 Å². The Bertz CT molecular complexity index is 407. The number of carbonyl (C=O) groups excluding carboxylic acids is 1. The monoisotopic (exact) mass is 262 g/mol. The fraction of sp³-hybridized carbons (Fsp3) is 0.562. The van der Waals surface area contributed by atoms with E-state index in [1.165, 1.54) is 5.56 Å². The smallest absolute Gasteiger partial charge is 0.147 e. The van der Waals surface area contributed by atoms with Gasteiger partial charge in [-0.3, -0.25) is 4.79 Å². The lowest BCUT2D eigenvalue weighted by molar-refractivity contribution is -0.135. The topological polar surface area (TPSA) is 35.5 Å². The van der Waals surface area contributed by atoms with Crippen LogP contribution in [0.2, 0.25) is 0 Å². The van der Waals surface area contributed by atoms with Gasteiger partial charge < -0.3 is 9.47 Å². The Morgan fingerprint density at radius 3 is 2.37 bits per heavy atom. The van der Waals surface area contributed by atoms with E-state index in [1.807, 2.05) is 18.2 Å². The summed E-state index contributed by atoms with van der Waals surface area (Å²) < 4.78 is 10.5. The predicted octanol–water partition coefficient (Wildman–Crippen LogP) is 2.49. The van der Waals surface area contributed by atoms with Crippen LogP contribution in [-0.4, -0.2) is 33.2 Å². The average Bonchev–Trinajstić information content (AvgIpc) is 2.71. The van der Waals surface area contributed by atoms with Gasteiger partial charge >= 0.3 is 0 Å². The highest BCUT2D eigenvalue weighted by atomic mass is 16.5. The van der Waals surface area contributed by atoms with Crippen LogP contribution in [0.1, 0.15) is 18.4 Å². The van der Waals surface area contributed by atoms with Crippen molar-refractivity contribution in [2.75, 3.05) is 27.4 Å². The highest BCUT2D eigenvalue weighted by molar-refractivity contribution is 5.89. The number of hydrogen-bond donors (Lipinski definition) is 0. The Morgan fingerprint density at radius 1 is 1.16 bits per heavy atom. The molecule has 0 amide bonds. The summed E-state index contributed by atoms with van der Waals surface area (Å²) in [6.45, 7) is 0.927. The van der Waals surface area contributed by atoms with Crippen LogP contribution in [0.25, 0.3) is 0 Å². The second kappa shape index (κ2) is 6.31. The molecule has 1 aromatic rings. The van der Waals surface area contributed by atoms with E-state index < -0.39 is 5.41 Å². The maximum Gasteiger partial charge on any atom is 0.147 e. The minimum Gasteiger partial charge on any atom is -0.384 e. The van der Waals surface area contributed by atoms with Crippen LogP contribution in [0.3, 0.4) is 0 Å². The van der Waals surface area contributed by atoms with Crippen LogP contribution in [0, 0.1) is 11.3 Å². The van der Waals surface area contributed by atoms with E-state index in [2.05, 4.69) is 12.1 Å². The summed E-state index contributed by atoms with van der Waals surface area (Å²) in [5.74, 6) is 0.410. The summed E-state index contributed by atoms with van der Waals surface area (Å²) in [5, 5.41) is 0. The molecule has 1 unspecified atom stereocenters. The van der Waals surface area contributed by atoms with Gasteiger partial charge in [0.25, 0.3) is 0 Å². The highest BCUT2D eigenvalue weighted by Gasteiger charge is 2.47. The molecule has 0 aliphatic heterocycles. The van der Waals surface area contributed by atoms with Crippen LogP contribution in [0.4, 0.5) is 0 Å². The van der Waals surface area contributed by atoms with Gasteiger partial charge in [0.2, 0.25) is 0 Å². The third kappa shape index (κ3) is 3.04. The van der Waals surface area contributed by atoms with Gasteiger partial charge in [-0.2, -0.15) is 0 Å². The number of benzene rings is 1. The summed E-state index contributed by atoms with van der Waals surface area (Å²) in [6, 6.07) is 10.2. The molecule has 0 radical (unpaired) electrons. The zero-order valence-corrected chi connectivity index (χ0v) is 11.7. The van der Waals surface area contributed by atoms with Gasteiger partial charge in [-0.05, 0) is 24.8 Å². The molecule has 1 atom stereocenters.